The maximum Gasteiger partial charge on any atom is 0.200 e. The van der Waals surface area contributed by atoms with Crippen molar-refractivity contribution in [3.05, 3.63) is 29.3 Å². The normalized spacial score (nSPS) is 27.7. The smallest absolute Gasteiger partial charge is 0.200 e. The quantitative estimate of drug-likeness (QED) is 0.374. The van der Waals surface area contributed by atoms with Crippen LogP contribution in [0.1, 0.15) is 109 Å². The van der Waals surface area contributed by atoms with Gasteiger partial charge in [0.2, 0.25) is 5.82 Å². The van der Waals surface area contributed by atoms with Crippen molar-refractivity contribution in [3.8, 4) is 5.75 Å². The molecule has 0 amide bonds. The average molecular weight is 407 g/mol. The Kier molecular flexibility index (Phi) is 8.81. The van der Waals surface area contributed by atoms with E-state index in [1.54, 1.807) is 12.1 Å². The van der Waals surface area contributed by atoms with Crippen molar-refractivity contribution < 1.29 is 13.5 Å². The van der Waals surface area contributed by atoms with Crippen molar-refractivity contribution in [2.45, 2.75) is 103 Å². The van der Waals surface area contributed by atoms with Crippen LogP contribution in [-0.2, 0) is 0 Å². The summed E-state index contributed by atoms with van der Waals surface area (Å²) < 4.78 is 34.3. The summed E-state index contributed by atoms with van der Waals surface area (Å²) in [4.78, 5) is 0. The van der Waals surface area contributed by atoms with Gasteiger partial charge in [0.1, 0.15) is 0 Å². The number of halogens is 2. The summed E-state index contributed by atoms with van der Waals surface area (Å²) in [5.74, 6) is 1.34. The number of ether oxygens (including phenoxy) is 1. The van der Waals surface area contributed by atoms with E-state index in [4.69, 9.17) is 4.74 Å². The molecule has 0 bridgehead atoms. The van der Waals surface area contributed by atoms with Gasteiger partial charge in [0.15, 0.2) is 11.6 Å². The van der Waals surface area contributed by atoms with Crippen molar-refractivity contribution in [3.63, 3.8) is 0 Å². The van der Waals surface area contributed by atoms with Gasteiger partial charge in [-0.25, -0.2) is 4.39 Å². The summed E-state index contributed by atoms with van der Waals surface area (Å²) in [6, 6.07) is 3.38. The van der Waals surface area contributed by atoms with Gasteiger partial charge in [-0.1, -0.05) is 58.4 Å². The minimum absolute atomic E-state index is 0.0532. The lowest BCUT2D eigenvalue weighted by Gasteiger charge is -2.38. The predicted molar refractivity (Wildman–Crippen MR) is 116 cm³/mol. The molecule has 0 saturated heterocycles. The van der Waals surface area contributed by atoms with E-state index in [0.29, 0.717) is 12.2 Å². The monoisotopic (exact) mass is 406 g/mol. The second-order valence-electron chi connectivity index (χ2n) is 9.52. The first kappa shape index (κ1) is 22.6. The SMILES string of the molecule is CCCCCC1CCC(C2CCC(c3ccc(OCCC)c(F)c3F)CC2)CC1. The number of hydrogen-bond acceptors (Lipinski definition) is 1. The molecule has 0 radical (unpaired) electrons. The van der Waals surface area contributed by atoms with Crippen molar-refractivity contribution >= 4 is 0 Å². The molecule has 1 nitrogen and oxygen atoms in total. The largest absolute Gasteiger partial charge is 0.490 e. The molecule has 2 aliphatic rings. The molecule has 3 heteroatoms. The van der Waals surface area contributed by atoms with Gasteiger partial charge in [0.25, 0.3) is 0 Å². The second-order valence-corrected chi connectivity index (χ2v) is 9.52. The highest BCUT2D eigenvalue weighted by molar-refractivity contribution is 5.33. The molecular weight excluding hydrogens is 366 g/mol. The summed E-state index contributed by atoms with van der Waals surface area (Å²) in [7, 11) is 0. The first-order chi connectivity index (χ1) is 14.1. The van der Waals surface area contributed by atoms with Crippen LogP contribution in [0.3, 0.4) is 0 Å². The minimum Gasteiger partial charge on any atom is -0.490 e. The van der Waals surface area contributed by atoms with E-state index in [0.717, 1.165) is 37.0 Å². The average Bonchev–Trinajstić information content (AvgIpc) is 2.76. The van der Waals surface area contributed by atoms with Crippen LogP contribution in [0.25, 0.3) is 0 Å². The minimum atomic E-state index is -0.806. The van der Waals surface area contributed by atoms with Crippen LogP contribution in [-0.4, -0.2) is 6.61 Å². The molecule has 29 heavy (non-hydrogen) atoms. The standard InChI is InChI=1S/C26H40F2O/c1-3-5-6-7-19-8-10-20(11-9-19)21-12-14-22(15-13-21)23-16-17-24(29-18-4-2)26(28)25(23)27/h16-17,19-22H,3-15,18H2,1-2H3. The molecule has 3 rings (SSSR count). The zero-order valence-electron chi connectivity index (χ0n) is 18.5. The van der Waals surface area contributed by atoms with Crippen molar-refractivity contribution in [1.29, 1.82) is 0 Å². The van der Waals surface area contributed by atoms with Crippen LogP contribution in [0.5, 0.6) is 5.75 Å². The van der Waals surface area contributed by atoms with Gasteiger partial charge in [0, 0.05) is 0 Å². The molecule has 0 N–H and O–H groups in total. The molecular formula is C26H40F2O. The third-order valence-electron chi connectivity index (χ3n) is 7.52. The fourth-order valence-electron chi connectivity index (χ4n) is 5.72. The first-order valence-corrected chi connectivity index (χ1v) is 12.2. The Morgan fingerprint density at radius 2 is 1.45 bits per heavy atom. The van der Waals surface area contributed by atoms with Crippen molar-refractivity contribution in [2.75, 3.05) is 6.61 Å². The van der Waals surface area contributed by atoms with Gasteiger partial charge in [-0.2, -0.15) is 4.39 Å². The Balaban J connectivity index is 1.48. The zero-order valence-corrected chi connectivity index (χ0v) is 18.5. The number of hydrogen-bond donors (Lipinski definition) is 0. The van der Waals surface area contributed by atoms with Gasteiger partial charge in [-0.3, -0.25) is 0 Å². The third-order valence-corrected chi connectivity index (χ3v) is 7.52. The summed E-state index contributed by atoms with van der Waals surface area (Å²) in [6.45, 7) is 4.66. The van der Waals surface area contributed by atoms with Gasteiger partial charge in [-0.15, -0.1) is 0 Å². The molecule has 164 valence electrons. The van der Waals surface area contributed by atoms with E-state index >= 15 is 0 Å². The molecule has 2 aliphatic carbocycles. The lowest BCUT2D eigenvalue weighted by atomic mass is 9.68. The number of rotatable bonds is 9. The summed E-state index contributed by atoms with van der Waals surface area (Å²) >= 11 is 0. The molecule has 0 unspecified atom stereocenters. The van der Waals surface area contributed by atoms with Crippen LogP contribution in [0.4, 0.5) is 8.78 Å². The van der Waals surface area contributed by atoms with E-state index in [2.05, 4.69) is 6.92 Å². The van der Waals surface area contributed by atoms with Crippen LogP contribution < -0.4 is 4.74 Å². The Bertz CT molecular complexity index is 613. The van der Waals surface area contributed by atoms with E-state index in [1.165, 1.54) is 64.2 Å². The van der Waals surface area contributed by atoms with E-state index < -0.39 is 11.6 Å². The van der Waals surface area contributed by atoms with Crippen LogP contribution in [0.2, 0.25) is 0 Å². The van der Waals surface area contributed by atoms with Gasteiger partial charge < -0.3 is 4.74 Å². The zero-order chi connectivity index (χ0) is 20.6. The van der Waals surface area contributed by atoms with E-state index in [9.17, 15) is 8.78 Å². The van der Waals surface area contributed by atoms with Crippen molar-refractivity contribution in [1.82, 2.24) is 0 Å². The highest BCUT2D eigenvalue weighted by Crippen LogP contribution is 2.45. The summed E-state index contributed by atoms with van der Waals surface area (Å²) in [6.07, 6.45) is 16.2. The molecule has 0 spiro atoms. The van der Waals surface area contributed by atoms with Gasteiger partial charge >= 0.3 is 0 Å². The van der Waals surface area contributed by atoms with Crippen LogP contribution in [0, 0.1) is 29.4 Å². The molecule has 1 aromatic rings. The topological polar surface area (TPSA) is 9.23 Å². The van der Waals surface area contributed by atoms with E-state index in [1.807, 2.05) is 6.92 Å². The van der Waals surface area contributed by atoms with Gasteiger partial charge in [0.05, 0.1) is 6.61 Å². The number of benzene rings is 1. The maximum absolute atomic E-state index is 14.6. The molecule has 0 aromatic heterocycles. The molecule has 0 atom stereocenters. The van der Waals surface area contributed by atoms with Gasteiger partial charge in [-0.05, 0) is 80.2 Å². The summed E-state index contributed by atoms with van der Waals surface area (Å²) in [5, 5.41) is 0. The Morgan fingerprint density at radius 1 is 0.793 bits per heavy atom. The maximum atomic E-state index is 14.6. The molecule has 2 fully saturated rings. The third kappa shape index (κ3) is 5.95. The fraction of sp³-hybridized carbons (Fsp3) is 0.769. The molecule has 2 saturated carbocycles. The molecule has 0 heterocycles. The Morgan fingerprint density at radius 3 is 2.07 bits per heavy atom. The number of unbranched alkanes of at least 4 members (excludes halogenated alkanes) is 2. The lowest BCUT2D eigenvalue weighted by Crippen LogP contribution is -2.25. The Labute approximate surface area is 176 Å². The van der Waals surface area contributed by atoms with Crippen LogP contribution in [0.15, 0.2) is 12.1 Å². The first-order valence-electron chi connectivity index (χ1n) is 12.2. The highest BCUT2D eigenvalue weighted by Gasteiger charge is 2.32. The van der Waals surface area contributed by atoms with Crippen molar-refractivity contribution in [2.24, 2.45) is 17.8 Å². The lowest BCUT2D eigenvalue weighted by molar-refractivity contribution is 0.155. The molecule has 1 aromatic carbocycles. The second kappa shape index (κ2) is 11.3. The molecule has 0 aliphatic heterocycles. The highest BCUT2D eigenvalue weighted by atomic mass is 19.2. The fourth-order valence-corrected chi connectivity index (χ4v) is 5.72. The van der Waals surface area contributed by atoms with E-state index in [-0.39, 0.29) is 11.7 Å². The van der Waals surface area contributed by atoms with Crippen LogP contribution >= 0.6 is 0 Å². The predicted octanol–water partition coefficient (Wildman–Crippen LogP) is 8.41. The Hall–Kier alpha value is -1.12. The summed E-state index contributed by atoms with van der Waals surface area (Å²) in [5.41, 5.74) is 0.560.